The zero-order chi connectivity index (χ0) is 20.4. The van der Waals surface area contributed by atoms with E-state index in [1.807, 2.05) is 35.0 Å². The van der Waals surface area contributed by atoms with Gasteiger partial charge in [0.15, 0.2) is 0 Å². The van der Waals surface area contributed by atoms with Crippen molar-refractivity contribution in [3.8, 4) is 5.75 Å². The number of aromatic nitrogens is 1. The number of benzene rings is 2. The van der Waals surface area contributed by atoms with Crippen molar-refractivity contribution >= 4 is 28.5 Å². The molecule has 1 fully saturated rings. The van der Waals surface area contributed by atoms with Gasteiger partial charge in [-0.15, -0.1) is 0 Å². The standard InChI is InChI=1S/C23H23ClFNO3/c24-20-13-18(12-17-7-9-26(23(17)20)10-8-22(27)28)29-14-15-5-6-19(21(25)11-15)16-3-1-2-4-16/h5-7,9,11-13,16H,1-4,8,10,14H2,(H,27,28). The fourth-order valence-corrected chi connectivity index (χ4v) is 4.48. The number of ether oxygens (including phenoxy) is 1. The molecule has 152 valence electrons. The Kier molecular flexibility index (Phi) is 5.76. The third kappa shape index (κ3) is 4.40. The van der Waals surface area contributed by atoms with Crippen LogP contribution in [0.5, 0.6) is 5.75 Å². The summed E-state index contributed by atoms with van der Waals surface area (Å²) in [5.74, 6) is -0.0637. The number of hydrogen-bond acceptors (Lipinski definition) is 2. The predicted octanol–water partition coefficient (Wildman–Crippen LogP) is 6.15. The van der Waals surface area contributed by atoms with Crippen LogP contribution >= 0.6 is 11.6 Å². The van der Waals surface area contributed by atoms with Crippen molar-refractivity contribution in [3.63, 3.8) is 0 Å². The maximum Gasteiger partial charge on any atom is 0.305 e. The highest BCUT2D eigenvalue weighted by Crippen LogP contribution is 2.36. The largest absolute Gasteiger partial charge is 0.489 e. The van der Waals surface area contributed by atoms with Gasteiger partial charge in [-0.2, -0.15) is 0 Å². The van der Waals surface area contributed by atoms with Gasteiger partial charge in [-0.3, -0.25) is 4.79 Å². The molecule has 1 heterocycles. The van der Waals surface area contributed by atoms with E-state index >= 15 is 0 Å². The topological polar surface area (TPSA) is 51.5 Å². The molecule has 1 aliphatic rings. The molecule has 0 unspecified atom stereocenters. The van der Waals surface area contributed by atoms with E-state index in [0.29, 0.717) is 23.2 Å². The lowest BCUT2D eigenvalue weighted by molar-refractivity contribution is -0.137. The summed E-state index contributed by atoms with van der Waals surface area (Å²) in [4.78, 5) is 10.8. The van der Waals surface area contributed by atoms with Crippen LogP contribution in [0, 0.1) is 5.82 Å². The third-order valence-corrected chi connectivity index (χ3v) is 5.91. The molecule has 3 aromatic rings. The molecule has 0 bridgehead atoms. The summed E-state index contributed by atoms with van der Waals surface area (Å²) in [6.07, 6.45) is 6.34. The Labute approximate surface area is 173 Å². The first-order chi connectivity index (χ1) is 14.0. The molecule has 1 saturated carbocycles. The minimum Gasteiger partial charge on any atom is -0.489 e. The number of carboxylic acids is 1. The number of hydrogen-bond donors (Lipinski definition) is 1. The summed E-state index contributed by atoms with van der Waals surface area (Å²) < 4.78 is 22.2. The molecule has 2 aromatic carbocycles. The van der Waals surface area contributed by atoms with Crippen LogP contribution in [0.3, 0.4) is 0 Å². The van der Waals surface area contributed by atoms with Gasteiger partial charge in [0.05, 0.1) is 17.0 Å². The van der Waals surface area contributed by atoms with Gasteiger partial charge in [-0.1, -0.05) is 36.6 Å². The fraction of sp³-hybridized carbons (Fsp3) is 0.348. The maximum atomic E-state index is 14.5. The zero-order valence-corrected chi connectivity index (χ0v) is 16.8. The maximum absolute atomic E-state index is 14.5. The first-order valence-electron chi connectivity index (χ1n) is 9.92. The Balaban J connectivity index is 1.47. The van der Waals surface area contributed by atoms with Crippen molar-refractivity contribution in [2.75, 3.05) is 0 Å². The van der Waals surface area contributed by atoms with Crippen LogP contribution in [0.1, 0.15) is 49.1 Å². The summed E-state index contributed by atoms with van der Waals surface area (Å²) in [6, 6.07) is 10.8. The van der Waals surface area contributed by atoms with Crippen molar-refractivity contribution in [2.45, 2.75) is 51.2 Å². The Hall–Kier alpha value is -2.53. The summed E-state index contributed by atoms with van der Waals surface area (Å²) >= 11 is 6.42. The molecule has 6 heteroatoms. The molecule has 0 amide bonds. The molecule has 1 aromatic heterocycles. The number of fused-ring (bicyclic) bond motifs is 1. The molecule has 29 heavy (non-hydrogen) atoms. The van der Waals surface area contributed by atoms with Gasteiger partial charge in [0.25, 0.3) is 0 Å². The summed E-state index contributed by atoms with van der Waals surface area (Å²) in [5, 5.41) is 10.3. The minimum absolute atomic E-state index is 0.0285. The van der Waals surface area contributed by atoms with Crippen LogP contribution in [-0.2, 0) is 17.9 Å². The predicted molar refractivity (Wildman–Crippen MR) is 111 cm³/mol. The summed E-state index contributed by atoms with van der Waals surface area (Å²) in [5.41, 5.74) is 2.38. The summed E-state index contributed by atoms with van der Waals surface area (Å²) in [6.45, 7) is 0.606. The second-order valence-electron chi connectivity index (χ2n) is 7.62. The highest BCUT2D eigenvalue weighted by atomic mass is 35.5. The first-order valence-corrected chi connectivity index (χ1v) is 10.3. The highest BCUT2D eigenvalue weighted by Gasteiger charge is 2.20. The normalized spacial score (nSPS) is 14.6. The molecule has 0 radical (unpaired) electrons. The Morgan fingerprint density at radius 3 is 2.72 bits per heavy atom. The average Bonchev–Trinajstić information content (AvgIpc) is 3.35. The van der Waals surface area contributed by atoms with Crippen LogP contribution in [0.15, 0.2) is 42.6 Å². The van der Waals surface area contributed by atoms with Crippen molar-refractivity contribution in [1.82, 2.24) is 4.57 Å². The Morgan fingerprint density at radius 1 is 1.21 bits per heavy atom. The fourth-order valence-electron chi connectivity index (χ4n) is 4.15. The summed E-state index contributed by atoms with van der Waals surface area (Å²) in [7, 11) is 0. The van der Waals surface area contributed by atoms with Gasteiger partial charge < -0.3 is 14.4 Å². The molecule has 4 rings (SSSR count). The van der Waals surface area contributed by atoms with Crippen molar-refractivity contribution in [2.24, 2.45) is 0 Å². The van der Waals surface area contributed by atoms with Crippen LogP contribution < -0.4 is 4.74 Å². The van der Waals surface area contributed by atoms with Gasteiger partial charge in [-0.25, -0.2) is 4.39 Å². The number of aliphatic carboxylic acids is 1. The SMILES string of the molecule is O=C(O)CCn1ccc2cc(OCc3ccc(C4CCCC4)c(F)c3)cc(Cl)c21. The quantitative estimate of drug-likeness (QED) is 0.503. The molecule has 0 spiro atoms. The van der Waals surface area contributed by atoms with E-state index in [-0.39, 0.29) is 18.8 Å². The molecule has 0 aliphatic heterocycles. The van der Waals surface area contributed by atoms with Crippen LogP contribution in [0.2, 0.25) is 5.02 Å². The smallest absolute Gasteiger partial charge is 0.305 e. The monoisotopic (exact) mass is 415 g/mol. The van der Waals surface area contributed by atoms with E-state index in [1.54, 1.807) is 12.1 Å². The van der Waals surface area contributed by atoms with Gasteiger partial charge in [0, 0.05) is 24.2 Å². The number of halogens is 2. The lowest BCUT2D eigenvalue weighted by Crippen LogP contribution is -2.03. The van der Waals surface area contributed by atoms with E-state index in [0.717, 1.165) is 34.9 Å². The van der Waals surface area contributed by atoms with E-state index in [9.17, 15) is 9.18 Å². The third-order valence-electron chi connectivity index (χ3n) is 5.62. The molecule has 4 nitrogen and oxygen atoms in total. The van der Waals surface area contributed by atoms with Crippen LogP contribution in [0.25, 0.3) is 10.9 Å². The Bertz CT molecular complexity index is 1040. The average molecular weight is 416 g/mol. The number of rotatable bonds is 7. The molecular formula is C23H23ClFNO3. The van der Waals surface area contributed by atoms with Gasteiger partial charge >= 0.3 is 5.97 Å². The molecular weight excluding hydrogens is 393 g/mol. The van der Waals surface area contributed by atoms with Gasteiger partial charge in [0.1, 0.15) is 18.2 Å². The van der Waals surface area contributed by atoms with E-state index in [4.69, 9.17) is 21.4 Å². The lowest BCUT2D eigenvalue weighted by atomic mass is 9.96. The minimum atomic E-state index is -0.853. The second kappa shape index (κ2) is 8.46. The van der Waals surface area contributed by atoms with E-state index < -0.39 is 5.97 Å². The first kappa shape index (κ1) is 19.8. The molecule has 0 saturated heterocycles. The zero-order valence-electron chi connectivity index (χ0n) is 16.0. The Morgan fingerprint density at radius 2 is 2.00 bits per heavy atom. The van der Waals surface area contributed by atoms with Crippen LogP contribution in [-0.4, -0.2) is 15.6 Å². The number of aryl methyl sites for hydroxylation is 1. The highest BCUT2D eigenvalue weighted by molar-refractivity contribution is 6.35. The molecule has 1 aliphatic carbocycles. The van der Waals surface area contributed by atoms with Gasteiger partial charge in [-0.05, 0) is 48.1 Å². The molecule has 1 N–H and O–H groups in total. The number of carbonyl (C=O) groups is 1. The second-order valence-corrected chi connectivity index (χ2v) is 8.03. The lowest BCUT2D eigenvalue weighted by Gasteiger charge is -2.13. The molecule has 0 atom stereocenters. The van der Waals surface area contributed by atoms with Crippen LogP contribution in [0.4, 0.5) is 4.39 Å². The number of carboxylic acid groups (broad SMARTS) is 1. The van der Waals surface area contributed by atoms with E-state index in [2.05, 4.69) is 0 Å². The van der Waals surface area contributed by atoms with Crippen molar-refractivity contribution < 1.29 is 19.0 Å². The van der Waals surface area contributed by atoms with Gasteiger partial charge in [0.2, 0.25) is 0 Å². The van der Waals surface area contributed by atoms with Crippen molar-refractivity contribution in [3.05, 3.63) is 64.6 Å². The number of nitrogens with zero attached hydrogens (tertiary/aromatic N) is 1. The van der Waals surface area contributed by atoms with Crippen molar-refractivity contribution in [1.29, 1.82) is 0 Å². The van der Waals surface area contributed by atoms with E-state index in [1.165, 1.54) is 12.8 Å².